The van der Waals surface area contributed by atoms with Crippen LogP contribution in [0, 0.1) is 11.8 Å². The number of nitrogens with zero attached hydrogens (tertiary/aromatic N) is 1. The fourth-order valence-corrected chi connectivity index (χ4v) is 3.30. The van der Waals surface area contributed by atoms with Gasteiger partial charge >= 0.3 is 0 Å². The van der Waals surface area contributed by atoms with E-state index in [-0.39, 0.29) is 0 Å². The molecule has 16 heavy (non-hydrogen) atoms. The second-order valence-corrected chi connectivity index (χ2v) is 5.66. The largest absolute Gasteiger partial charge is 0.381 e. The molecular formula is C13H26N2O. The van der Waals surface area contributed by atoms with Gasteiger partial charge in [0.05, 0.1) is 6.61 Å². The van der Waals surface area contributed by atoms with Crippen molar-refractivity contribution in [1.82, 2.24) is 10.2 Å². The van der Waals surface area contributed by atoms with Crippen LogP contribution < -0.4 is 5.32 Å². The highest BCUT2D eigenvalue weighted by Crippen LogP contribution is 2.25. The van der Waals surface area contributed by atoms with Crippen LogP contribution >= 0.6 is 0 Å². The lowest BCUT2D eigenvalue weighted by Gasteiger charge is -2.35. The minimum absolute atomic E-state index is 0.650. The van der Waals surface area contributed by atoms with Crippen LogP contribution in [-0.4, -0.2) is 50.3 Å². The van der Waals surface area contributed by atoms with Gasteiger partial charge < -0.3 is 10.1 Å². The summed E-state index contributed by atoms with van der Waals surface area (Å²) in [6, 6.07) is 1.41. The topological polar surface area (TPSA) is 24.5 Å². The van der Waals surface area contributed by atoms with Crippen molar-refractivity contribution in [3.63, 3.8) is 0 Å². The number of nitrogens with one attached hydrogen (secondary N) is 1. The first-order valence-electron chi connectivity index (χ1n) is 6.69. The molecule has 2 aliphatic rings. The summed E-state index contributed by atoms with van der Waals surface area (Å²) in [5.41, 5.74) is 0. The van der Waals surface area contributed by atoms with Crippen molar-refractivity contribution >= 4 is 0 Å². The van der Waals surface area contributed by atoms with E-state index in [1.165, 1.54) is 25.9 Å². The minimum Gasteiger partial charge on any atom is -0.381 e. The van der Waals surface area contributed by atoms with Gasteiger partial charge in [-0.2, -0.15) is 0 Å². The molecule has 0 bridgehead atoms. The Hall–Kier alpha value is -0.120. The summed E-state index contributed by atoms with van der Waals surface area (Å²) in [6.45, 7) is 9.06. The first kappa shape index (κ1) is 12.3. The number of hydrogen-bond acceptors (Lipinski definition) is 3. The van der Waals surface area contributed by atoms with E-state index < -0.39 is 0 Å². The van der Waals surface area contributed by atoms with Crippen molar-refractivity contribution in [2.24, 2.45) is 11.8 Å². The maximum Gasteiger partial charge on any atom is 0.0521 e. The van der Waals surface area contributed by atoms with E-state index in [1.54, 1.807) is 0 Å². The second kappa shape index (κ2) is 5.48. The van der Waals surface area contributed by atoms with Crippen LogP contribution in [0.3, 0.4) is 0 Å². The van der Waals surface area contributed by atoms with E-state index in [9.17, 15) is 0 Å². The van der Waals surface area contributed by atoms with Crippen molar-refractivity contribution in [3.05, 3.63) is 0 Å². The molecule has 2 fully saturated rings. The third kappa shape index (κ3) is 2.76. The number of ether oxygens (including phenoxy) is 1. The molecule has 2 rings (SSSR count). The smallest absolute Gasteiger partial charge is 0.0521 e. The average Bonchev–Trinajstić information content (AvgIpc) is 2.58. The van der Waals surface area contributed by atoms with Crippen LogP contribution in [0.2, 0.25) is 0 Å². The summed E-state index contributed by atoms with van der Waals surface area (Å²) in [4.78, 5) is 2.65. The highest BCUT2D eigenvalue weighted by molar-refractivity contribution is 4.86. The summed E-state index contributed by atoms with van der Waals surface area (Å²) in [7, 11) is 2.08. The molecular weight excluding hydrogens is 200 g/mol. The SMILES string of the molecule is CNC1CCOCC1CN1CC(C)CC1C. The van der Waals surface area contributed by atoms with Gasteiger partial charge in [0.15, 0.2) is 0 Å². The molecule has 3 heteroatoms. The van der Waals surface area contributed by atoms with Crippen LogP contribution in [0.25, 0.3) is 0 Å². The third-order valence-corrected chi connectivity index (χ3v) is 4.23. The molecule has 4 atom stereocenters. The molecule has 2 aliphatic heterocycles. The standard InChI is InChI=1S/C13H26N2O/c1-10-6-11(2)15(7-10)8-12-9-16-5-4-13(12)14-3/h10-14H,4-9H2,1-3H3. The Kier molecular flexibility index (Phi) is 4.22. The lowest BCUT2D eigenvalue weighted by atomic mass is 9.95. The molecule has 3 nitrogen and oxygen atoms in total. The van der Waals surface area contributed by atoms with E-state index in [1.807, 2.05) is 0 Å². The molecule has 1 N–H and O–H groups in total. The van der Waals surface area contributed by atoms with Crippen molar-refractivity contribution in [2.75, 3.05) is 33.4 Å². The van der Waals surface area contributed by atoms with E-state index in [0.29, 0.717) is 12.0 Å². The Bertz CT molecular complexity index is 222. The van der Waals surface area contributed by atoms with Crippen LogP contribution in [0.4, 0.5) is 0 Å². The molecule has 0 aromatic heterocycles. The van der Waals surface area contributed by atoms with Crippen LogP contribution in [0.5, 0.6) is 0 Å². The lowest BCUT2D eigenvalue weighted by molar-refractivity contribution is 0.0172. The molecule has 0 aliphatic carbocycles. The van der Waals surface area contributed by atoms with Gasteiger partial charge in [0, 0.05) is 37.7 Å². The predicted octanol–water partition coefficient (Wildman–Crippen LogP) is 1.34. The summed E-state index contributed by atoms with van der Waals surface area (Å²) >= 11 is 0. The van der Waals surface area contributed by atoms with Gasteiger partial charge in [0.2, 0.25) is 0 Å². The Balaban J connectivity index is 1.87. The third-order valence-electron chi connectivity index (χ3n) is 4.23. The van der Waals surface area contributed by atoms with Gasteiger partial charge in [0.25, 0.3) is 0 Å². The highest BCUT2D eigenvalue weighted by atomic mass is 16.5. The monoisotopic (exact) mass is 226 g/mol. The van der Waals surface area contributed by atoms with Crippen LogP contribution in [-0.2, 0) is 4.74 Å². The van der Waals surface area contributed by atoms with E-state index in [0.717, 1.165) is 25.2 Å². The normalized spacial score (nSPS) is 41.4. The van der Waals surface area contributed by atoms with Gasteiger partial charge in [-0.15, -0.1) is 0 Å². The number of likely N-dealkylation sites (tertiary alicyclic amines) is 1. The first-order valence-corrected chi connectivity index (χ1v) is 6.69. The van der Waals surface area contributed by atoms with Crippen LogP contribution in [0.15, 0.2) is 0 Å². The van der Waals surface area contributed by atoms with E-state index in [2.05, 4.69) is 31.1 Å². The summed E-state index contributed by atoms with van der Waals surface area (Å²) < 4.78 is 5.62. The van der Waals surface area contributed by atoms with Gasteiger partial charge in [-0.05, 0) is 32.7 Å². The quantitative estimate of drug-likeness (QED) is 0.786. The summed E-state index contributed by atoms with van der Waals surface area (Å²) in [5.74, 6) is 1.54. The van der Waals surface area contributed by atoms with Crippen molar-refractivity contribution in [1.29, 1.82) is 0 Å². The summed E-state index contributed by atoms with van der Waals surface area (Å²) in [6.07, 6.45) is 2.52. The fourth-order valence-electron chi connectivity index (χ4n) is 3.30. The number of hydrogen-bond donors (Lipinski definition) is 1. The van der Waals surface area contributed by atoms with Gasteiger partial charge in [-0.3, -0.25) is 4.90 Å². The van der Waals surface area contributed by atoms with Gasteiger partial charge in [0.1, 0.15) is 0 Å². The molecule has 0 aromatic rings. The molecule has 2 heterocycles. The molecule has 0 saturated carbocycles. The van der Waals surface area contributed by atoms with Crippen molar-refractivity contribution in [2.45, 2.75) is 38.8 Å². The fraction of sp³-hybridized carbons (Fsp3) is 1.00. The van der Waals surface area contributed by atoms with Crippen molar-refractivity contribution < 1.29 is 4.74 Å². The van der Waals surface area contributed by atoms with E-state index in [4.69, 9.17) is 4.74 Å². The molecule has 4 unspecified atom stereocenters. The van der Waals surface area contributed by atoms with Gasteiger partial charge in [-0.1, -0.05) is 6.92 Å². The highest BCUT2D eigenvalue weighted by Gasteiger charge is 2.31. The molecule has 0 radical (unpaired) electrons. The average molecular weight is 226 g/mol. The van der Waals surface area contributed by atoms with Crippen molar-refractivity contribution in [3.8, 4) is 0 Å². The Morgan fingerprint density at radius 3 is 2.81 bits per heavy atom. The zero-order valence-electron chi connectivity index (χ0n) is 10.9. The van der Waals surface area contributed by atoms with Crippen LogP contribution in [0.1, 0.15) is 26.7 Å². The maximum absolute atomic E-state index is 5.62. The lowest BCUT2D eigenvalue weighted by Crippen LogP contribution is -2.47. The summed E-state index contributed by atoms with van der Waals surface area (Å²) in [5, 5.41) is 3.45. The Morgan fingerprint density at radius 1 is 1.38 bits per heavy atom. The Morgan fingerprint density at radius 2 is 2.19 bits per heavy atom. The van der Waals surface area contributed by atoms with E-state index >= 15 is 0 Å². The molecule has 0 amide bonds. The second-order valence-electron chi connectivity index (χ2n) is 5.66. The Labute approximate surface area is 99.5 Å². The minimum atomic E-state index is 0.650. The predicted molar refractivity (Wildman–Crippen MR) is 66.6 cm³/mol. The molecule has 0 spiro atoms. The molecule has 2 saturated heterocycles. The molecule has 94 valence electrons. The first-order chi connectivity index (χ1) is 7.70. The number of rotatable bonds is 3. The zero-order chi connectivity index (χ0) is 11.5. The van der Waals surface area contributed by atoms with Gasteiger partial charge in [-0.25, -0.2) is 0 Å². The maximum atomic E-state index is 5.62. The zero-order valence-corrected chi connectivity index (χ0v) is 10.9. The molecule has 0 aromatic carbocycles.